The number of benzene rings is 10. The molecule has 0 bridgehead atoms. The summed E-state index contributed by atoms with van der Waals surface area (Å²) in [5.41, 5.74) is 27.8. The molecule has 10 aromatic carbocycles. The van der Waals surface area contributed by atoms with Gasteiger partial charge in [-0.05, 0) is 133 Å². The molecule has 0 saturated carbocycles. The quantitative estimate of drug-likeness (QED) is 0.130. The maximum atomic E-state index is 9.09. The highest BCUT2D eigenvalue weighted by molar-refractivity contribution is 6.11. The van der Waals surface area contributed by atoms with Gasteiger partial charge in [0.2, 0.25) is 0 Å². The van der Waals surface area contributed by atoms with Crippen molar-refractivity contribution in [2.75, 3.05) is 0 Å². The minimum absolute atomic E-state index is 0.234. The maximum absolute atomic E-state index is 9.09. The molecule has 1 aromatic heterocycles. The zero-order valence-electron chi connectivity index (χ0n) is 39.4. The smallest absolute Gasteiger partial charge is 0.0541 e. The first kappa shape index (κ1) is 43.5. The van der Waals surface area contributed by atoms with Crippen LogP contribution < -0.4 is 5.32 Å². The molecule has 0 radical (unpaired) electrons. The van der Waals surface area contributed by atoms with Gasteiger partial charge in [0.05, 0.1) is 11.0 Å². The highest BCUT2D eigenvalue weighted by atomic mass is 15.0. The van der Waals surface area contributed by atoms with E-state index in [4.69, 9.17) is 5.73 Å². The fourth-order valence-electron chi connectivity index (χ4n) is 10.4. The van der Waals surface area contributed by atoms with Crippen molar-refractivity contribution >= 4 is 32.6 Å². The first-order valence-corrected chi connectivity index (χ1v) is 24.7. The van der Waals surface area contributed by atoms with E-state index in [9.17, 15) is 0 Å². The highest BCUT2D eigenvalue weighted by Crippen LogP contribution is 2.39. The van der Waals surface area contributed by atoms with Gasteiger partial charge >= 0.3 is 0 Å². The first-order valence-electron chi connectivity index (χ1n) is 24.7. The van der Waals surface area contributed by atoms with Crippen LogP contribution in [0.1, 0.15) is 35.2 Å². The van der Waals surface area contributed by atoms with E-state index in [2.05, 4.69) is 247 Å². The number of allylic oxidation sites excluding steroid dienone is 4. The number of hydrogen-bond donors (Lipinski definition) is 1. The van der Waals surface area contributed by atoms with Gasteiger partial charge in [-0.3, -0.25) is 0 Å². The predicted octanol–water partition coefficient (Wildman–Crippen LogP) is 18.0. The van der Waals surface area contributed by atoms with E-state index in [1.807, 2.05) is 30.3 Å². The van der Waals surface area contributed by atoms with Crippen molar-refractivity contribution < 1.29 is 0 Å². The van der Waals surface area contributed by atoms with Crippen molar-refractivity contribution in [2.45, 2.75) is 24.9 Å². The van der Waals surface area contributed by atoms with Gasteiger partial charge in [0.15, 0.2) is 0 Å². The van der Waals surface area contributed by atoms with Crippen LogP contribution in [0.2, 0.25) is 0 Å². The second-order valence-electron chi connectivity index (χ2n) is 18.6. The van der Waals surface area contributed by atoms with Crippen LogP contribution in [0.15, 0.2) is 278 Å². The molecule has 71 heavy (non-hydrogen) atoms. The van der Waals surface area contributed by atoms with Gasteiger partial charge in [0.1, 0.15) is 0 Å². The fourth-order valence-corrected chi connectivity index (χ4v) is 10.4. The average molecular weight is 911 g/mol. The van der Waals surface area contributed by atoms with Gasteiger partial charge < -0.3 is 15.6 Å². The molecule has 0 saturated heterocycles. The third-order valence-electron chi connectivity index (χ3n) is 14.2. The molecule has 1 aliphatic carbocycles. The van der Waals surface area contributed by atoms with E-state index in [0.29, 0.717) is 0 Å². The number of aromatic nitrogens is 1. The Morgan fingerprint density at radius 1 is 0.493 bits per heavy atom. The highest BCUT2D eigenvalue weighted by Gasteiger charge is 2.18. The van der Waals surface area contributed by atoms with Crippen LogP contribution in [0.3, 0.4) is 0 Å². The Hall–Kier alpha value is -8.76. The Kier molecular flexibility index (Phi) is 11.8. The van der Waals surface area contributed by atoms with Crippen molar-refractivity contribution in [3.63, 3.8) is 0 Å². The first-order chi connectivity index (χ1) is 35.1. The minimum atomic E-state index is -0.591. The van der Waals surface area contributed by atoms with E-state index in [1.165, 1.54) is 88.2 Å². The third kappa shape index (κ3) is 8.92. The summed E-state index contributed by atoms with van der Waals surface area (Å²) in [5, 5.41) is 8.53. The van der Waals surface area contributed by atoms with Crippen LogP contribution in [-0.4, -0.2) is 4.57 Å². The van der Waals surface area contributed by atoms with E-state index < -0.39 is 6.17 Å². The molecule has 12 rings (SSSR count). The lowest BCUT2D eigenvalue weighted by molar-refractivity contribution is 0.718. The average Bonchev–Trinajstić information content (AvgIpc) is 3.78. The predicted molar refractivity (Wildman–Crippen MR) is 299 cm³/mol. The number of fused-ring (bicyclic) bond motifs is 4. The molecular weight excluding hydrogens is 859 g/mol. The van der Waals surface area contributed by atoms with Crippen LogP contribution in [0.5, 0.6) is 0 Å². The minimum Gasteiger partial charge on any atom is -0.654 e. The molecule has 0 aliphatic heterocycles. The lowest BCUT2D eigenvalue weighted by Crippen LogP contribution is -2.19. The lowest BCUT2D eigenvalue weighted by atomic mass is 9.89. The molecule has 3 heteroatoms. The van der Waals surface area contributed by atoms with Crippen molar-refractivity contribution in [3.8, 4) is 50.2 Å². The van der Waals surface area contributed by atoms with Crippen LogP contribution in [0, 0.1) is 0 Å². The van der Waals surface area contributed by atoms with E-state index in [0.717, 1.165) is 35.4 Å². The summed E-state index contributed by atoms with van der Waals surface area (Å²) in [4.78, 5) is 0. The van der Waals surface area contributed by atoms with Crippen molar-refractivity contribution in [1.29, 1.82) is 0 Å². The van der Waals surface area contributed by atoms with Crippen molar-refractivity contribution in [2.24, 2.45) is 0 Å². The van der Waals surface area contributed by atoms with E-state index in [-0.39, 0.29) is 5.92 Å². The SMILES string of the molecule is [NH-]C(N/C(=C\Cc1cccc2ccccc12)C1=CCC(c2ccc(-n3c4ccc(-c5ccc(-c6ccccc6)cc5)cc4c4cc(-c5ccc(-c6ccccc6)cc5)ccc43)cc2)C=C1)c1ccccc1. The van der Waals surface area contributed by atoms with Gasteiger partial charge in [0.25, 0.3) is 0 Å². The Morgan fingerprint density at radius 3 is 1.55 bits per heavy atom. The summed E-state index contributed by atoms with van der Waals surface area (Å²) in [7, 11) is 0. The Bertz CT molecular complexity index is 3610. The molecule has 0 fully saturated rings. The molecule has 3 nitrogen and oxygen atoms in total. The zero-order valence-corrected chi connectivity index (χ0v) is 39.4. The standard InChI is InChI=1S/C68H52N3/c69-68(58-18-8-3-9-19-58)70-65(42-37-56-21-12-20-55-17-10-11-22-62(55)56)57-33-31-51(32-34-57)52-35-40-61(41-36-52)71-66-43-38-59(53-27-23-49(24-28-53)47-13-4-1-5-14-47)45-63(66)64-46-60(39-44-67(64)71)54-29-25-50(26-30-54)48-15-6-2-7-16-48/h1-31,33-36,38-46,51,68-70H,32,37H2/q-1/b65-42-. The summed E-state index contributed by atoms with van der Waals surface area (Å²) in [6, 6.07) is 87.3. The number of nitrogens with one attached hydrogen (secondary N) is 2. The maximum Gasteiger partial charge on any atom is 0.0541 e. The Morgan fingerprint density at radius 2 is 0.986 bits per heavy atom. The molecule has 340 valence electrons. The number of nitrogens with zero attached hydrogens (tertiary/aromatic N) is 1. The van der Waals surface area contributed by atoms with Gasteiger partial charge in [-0.25, -0.2) is 0 Å². The molecule has 2 unspecified atom stereocenters. The molecule has 11 aromatic rings. The topological polar surface area (TPSA) is 40.8 Å². The van der Waals surface area contributed by atoms with Crippen LogP contribution >= 0.6 is 0 Å². The van der Waals surface area contributed by atoms with Crippen molar-refractivity contribution in [1.82, 2.24) is 9.88 Å². The molecular formula is C68H52N3-. The third-order valence-corrected chi connectivity index (χ3v) is 14.2. The monoisotopic (exact) mass is 910 g/mol. The molecule has 2 N–H and O–H groups in total. The van der Waals surface area contributed by atoms with Gasteiger partial charge in [-0.15, -0.1) is 0 Å². The molecule has 0 amide bonds. The van der Waals surface area contributed by atoms with Gasteiger partial charge in [0, 0.05) is 28.1 Å². The van der Waals surface area contributed by atoms with E-state index >= 15 is 0 Å². The van der Waals surface area contributed by atoms with Gasteiger partial charge in [-0.1, -0.05) is 231 Å². The second kappa shape index (κ2) is 19.3. The molecule has 1 aliphatic rings. The van der Waals surface area contributed by atoms with Crippen LogP contribution in [-0.2, 0) is 6.42 Å². The lowest BCUT2D eigenvalue weighted by Gasteiger charge is -2.28. The summed E-state index contributed by atoms with van der Waals surface area (Å²) >= 11 is 0. The second-order valence-corrected chi connectivity index (χ2v) is 18.6. The summed E-state index contributed by atoms with van der Waals surface area (Å²) in [6.45, 7) is 0. The summed E-state index contributed by atoms with van der Waals surface area (Å²) < 4.78 is 2.43. The summed E-state index contributed by atoms with van der Waals surface area (Å²) in [5.74, 6) is 0.234. The van der Waals surface area contributed by atoms with Crippen molar-refractivity contribution in [3.05, 3.63) is 301 Å². The molecule has 1 heterocycles. The Labute approximate surface area is 416 Å². The molecule has 2 atom stereocenters. The van der Waals surface area contributed by atoms with Crippen LogP contribution in [0.25, 0.3) is 88.5 Å². The summed E-state index contributed by atoms with van der Waals surface area (Å²) in [6.07, 6.45) is 10.2. The van der Waals surface area contributed by atoms with Gasteiger partial charge in [-0.2, -0.15) is 0 Å². The van der Waals surface area contributed by atoms with Crippen LogP contribution in [0.4, 0.5) is 0 Å². The normalized spacial score (nSPS) is 14.2. The molecule has 0 spiro atoms. The largest absolute Gasteiger partial charge is 0.654 e. The number of hydrogen-bond acceptors (Lipinski definition) is 1. The Balaban J connectivity index is 0.857. The van der Waals surface area contributed by atoms with E-state index in [1.54, 1.807) is 0 Å². The number of rotatable bonds is 12. The fraction of sp³-hybridized carbons (Fsp3) is 0.0588. The zero-order chi connectivity index (χ0) is 47.5.